The van der Waals surface area contributed by atoms with Crippen molar-refractivity contribution in [3.63, 3.8) is 0 Å². The number of nitrogens with one attached hydrogen (secondary N) is 1. The van der Waals surface area contributed by atoms with Crippen molar-refractivity contribution < 1.29 is 17.9 Å². The number of amides is 1. The maximum atomic E-state index is 12.6. The summed E-state index contributed by atoms with van der Waals surface area (Å²) < 4.78 is 31.2. The summed E-state index contributed by atoms with van der Waals surface area (Å²) in [5.74, 6) is -0.289. The first-order chi connectivity index (χ1) is 11.7. The Morgan fingerprint density at radius 1 is 1.24 bits per heavy atom. The van der Waals surface area contributed by atoms with Gasteiger partial charge in [0.15, 0.2) is 0 Å². The Balaban J connectivity index is 2.99. The van der Waals surface area contributed by atoms with Crippen molar-refractivity contribution in [1.29, 1.82) is 0 Å². The van der Waals surface area contributed by atoms with E-state index in [1.54, 1.807) is 12.1 Å². The molecule has 1 aromatic carbocycles. The second-order valence-electron chi connectivity index (χ2n) is 6.09. The topological polar surface area (TPSA) is 75.7 Å². The second kappa shape index (κ2) is 9.77. The number of aryl methyl sites for hydroxylation is 2. The lowest BCUT2D eigenvalue weighted by Crippen LogP contribution is -2.49. The molecule has 7 heteroatoms. The Morgan fingerprint density at radius 3 is 2.44 bits per heavy atom. The number of benzene rings is 1. The summed E-state index contributed by atoms with van der Waals surface area (Å²) in [6.07, 6.45) is 2.21. The number of nitrogens with zero attached hydrogens (tertiary/aromatic N) is 1. The zero-order chi connectivity index (χ0) is 19.0. The predicted molar refractivity (Wildman–Crippen MR) is 101 cm³/mol. The van der Waals surface area contributed by atoms with Crippen LogP contribution in [-0.4, -0.2) is 46.4 Å². The van der Waals surface area contributed by atoms with Gasteiger partial charge >= 0.3 is 0 Å². The number of sulfonamides is 1. The van der Waals surface area contributed by atoms with E-state index in [0.29, 0.717) is 38.3 Å². The maximum absolute atomic E-state index is 12.6. The van der Waals surface area contributed by atoms with Gasteiger partial charge in [0, 0.05) is 19.8 Å². The van der Waals surface area contributed by atoms with Gasteiger partial charge in [-0.2, -0.15) is 0 Å². The van der Waals surface area contributed by atoms with Crippen molar-refractivity contribution in [2.75, 3.05) is 30.3 Å². The van der Waals surface area contributed by atoms with Crippen LogP contribution in [0.1, 0.15) is 37.8 Å². The van der Waals surface area contributed by atoms with Crippen LogP contribution in [-0.2, 0) is 19.6 Å². The van der Waals surface area contributed by atoms with Crippen molar-refractivity contribution >= 4 is 21.6 Å². The molecule has 0 aromatic heterocycles. The van der Waals surface area contributed by atoms with E-state index in [-0.39, 0.29) is 5.91 Å². The summed E-state index contributed by atoms with van der Waals surface area (Å²) in [5.41, 5.74) is 2.57. The zero-order valence-electron chi connectivity index (χ0n) is 15.8. The van der Waals surface area contributed by atoms with E-state index in [2.05, 4.69) is 5.32 Å². The van der Waals surface area contributed by atoms with Crippen molar-refractivity contribution in [3.05, 3.63) is 29.3 Å². The van der Waals surface area contributed by atoms with Gasteiger partial charge in [0.25, 0.3) is 0 Å². The van der Waals surface area contributed by atoms with Crippen LogP contribution < -0.4 is 9.62 Å². The molecule has 0 aliphatic heterocycles. The fourth-order valence-electron chi connectivity index (χ4n) is 2.57. The van der Waals surface area contributed by atoms with Gasteiger partial charge in [0.2, 0.25) is 15.9 Å². The molecular weight excluding hydrogens is 340 g/mol. The average molecular weight is 371 g/mol. The third-order valence-corrected chi connectivity index (χ3v) is 5.22. The van der Waals surface area contributed by atoms with Gasteiger partial charge < -0.3 is 10.1 Å². The Bertz CT molecular complexity index is 674. The van der Waals surface area contributed by atoms with Crippen molar-refractivity contribution in [2.24, 2.45) is 0 Å². The van der Waals surface area contributed by atoms with Crippen molar-refractivity contribution in [2.45, 2.75) is 46.6 Å². The van der Waals surface area contributed by atoms with Crippen molar-refractivity contribution in [1.82, 2.24) is 5.32 Å². The quantitative estimate of drug-likeness (QED) is 0.642. The molecule has 0 fully saturated rings. The molecule has 0 spiro atoms. The predicted octanol–water partition coefficient (Wildman–Crippen LogP) is 2.39. The molecule has 0 saturated carbocycles. The largest absolute Gasteiger partial charge is 0.382 e. The normalized spacial score (nSPS) is 12.7. The highest BCUT2D eigenvalue weighted by atomic mass is 32.2. The summed E-state index contributed by atoms with van der Waals surface area (Å²) >= 11 is 0. The van der Waals surface area contributed by atoms with E-state index in [9.17, 15) is 13.2 Å². The molecule has 0 aliphatic rings. The summed E-state index contributed by atoms with van der Waals surface area (Å²) in [6, 6.07) is 4.65. The molecule has 1 atom stereocenters. The Hall–Kier alpha value is -1.60. The Labute approximate surface area is 151 Å². The van der Waals surface area contributed by atoms with Crippen LogP contribution >= 0.6 is 0 Å². The van der Waals surface area contributed by atoms with Gasteiger partial charge in [0.1, 0.15) is 6.04 Å². The van der Waals surface area contributed by atoms with E-state index in [4.69, 9.17) is 4.74 Å². The minimum absolute atomic E-state index is 0.289. The van der Waals surface area contributed by atoms with Gasteiger partial charge in [-0.25, -0.2) is 8.42 Å². The van der Waals surface area contributed by atoms with Gasteiger partial charge in [-0.3, -0.25) is 9.10 Å². The van der Waals surface area contributed by atoms with Crippen LogP contribution in [0.15, 0.2) is 18.2 Å². The first-order valence-electron chi connectivity index (χ1n) is 8.64. The fourth-order valence-corrected chi connectivity index (χ4v) is 3.77. The Kier molecular flexibility index (Phi) is 8.38. The lowest BCUT2D eigenvalue weighted by atomic mass is 10.1. The van der Waals surface area contributed by atoms with Gasteiger partial charge in [-0.15, -0.1) is 0 Å². The highest BCUT2D eigenvalue weighted by Gasteiger charge is 2.31. The van der Waals surface area contributed by atoms with Gasteiger partial charge in [0.05, 0.1) is 11.9 Å². The Morgan fingerprint density at radius 2 is 1.92 bits per heavy atom. The molecular formula is C18H30N2O4S. The van der Waals surface area contributed by atoms with Crippen LogP contribution in [0, 0.1) is 13.8 Å². The number of hydrogen-bond donors (Lipinski definition) is 1. The summed E-state index contributed by atoms with van der Waals surface area (Å²) in [4.78, 5) is 12.6. The van der Waals surface area contributed by atoms with E-state index >= 15 is 0 Å². The first-order valence-corrected chi connectivity index (χ1v) is 10.5. The summed E-state index contributed by atoms with van der Waals surface area (Å²) in [5, 5.41) is 2.82. The minimum Gasteiger partial charge on any atom is -0.382 e. The molecule has 1 aromatic rings. The third kappa shape index (κ3) is 6.32. The average Bonchev–Trinajstić information content (AvgIpc) is 2.53. The van der Waals surface area contributed by atoms with Gasteiger partial charge in [-0.05, 0) is 56.9 Å². The smallest absolute Gasteiger partial charge is 0.243 e. The monoisotopic (exact) mass is 370 g/mol. The molecule has 1 rings (SSSR count). The molecule has 25 heavy (non-hydrogen) atoms. The molecule has 0 saturated heterocycles. The van der Waals surface area contributed by atoms with Crippen molar-refractivity contribution in [3.8, 4) is 0 Å². The van der Waals surface area contributed by atoms with E-state index in [0.717, 1.165) is 17.4 Å². The number of anilines is 1. The minimum atomic E-state index is -3.60. The van der Waals surface area contributed by atoms with Crippen LogP contribution in [0.25, 0.3) is 0 Å². The number of carbonyl (C=O) groups is 1. The molecule has 0 unspecified atom stereocenters. The SMILES string of the molecule is CCOCCCNC(=O)[C@@H](CC)N(c1ccc(C)c(C)c1)S(C)(=O)=O. The highest BCUT2D eigenvalue weighted by molar-refractivity contribution is 7.92. The van der Waals surface area contributed by atoms with Crippen LogP contribution in [0.5, 0.6) is 0 Å². The molecule has 1 N–H and O–H groups in total. The lowest BCUT2D eigenvalue weighted by molar-refractivity contribution is -0.122. The standard InChI is InChI=1S/C18H30N2O4S/c1-6-17(18(21)19-11-8-12-24-7-2)20(25(5,22)23)16-10-9-14(3)15(4)13-16/h9-10,13,17H,6-8,11-12H2,1-5H3,(H,19,21)/t17-/m1/s1. The number of carbonyl (C=O) groups excluding carboxylic acids is 1. The number of hydrogen-bond acceptors (Lipinski definition) is 4. The highest BCUT2D eigenvalue weighted by Crippen LogP contribution is 2.25. The van der Waals surface area contributed by atoms with Crippen LogP contribution in [0.2, 0.25) is 0 Å². The lowest BCUT2D eigenvalue weighted by Gasteiger charge is -2.30. The number of rotatable bonds is 10. The fraction of sp³-hybridized carbons (Fsp3) is 0.611. The van der Waals surface area contributed by atoms with E-state index in [1.165, 1.54) is 4.31 Å². The molecule has 0 bridgehead atoms. The maximum Gasteiger partial charge on any atom is 0.243 e. The molecule has 0 heterocycles. The van der Waals surface area contributed by atoms with Crippen LogP contribution in [0.4, 0.5) is 5.69 Å². The molecule has 142 valence electrons. The second-order valence-corrected chi connectivity index (χ2v) is 7.95. The zero-order valence-corrected chi connectivity index (χ0v) is 16.6. The first kappa shape index (κ1) is 21.4. The van der Waals surface area contributed by atoms with Gasteiger partial charge in [-0.1, -0.05) is 13.0 Å². The van der Waals surface area contributed by atoms with E-state index < -0.39 is 16.1 Å². The molecule has 6 nitrogen and oxygen atoms in total. The third-order valence-electron chi connectivity index (χ3n) is 4.04. The molecule has 0 aliphatic carbocycles. The van der Waals surface area contributed by atoms with Crippen LogP contribution in [0.3, 0.4) is 0 Å². The number of ether oxygens (including phenoxy) is 1. The van der Waals surface area contributed by atoms with E-state index in [1.807, 2.05) is 33.8 Å². The molecule has 1 amide bonds. The summed E-state index contributed by atoms with van der Waals surface area (Å²) in [6.45, 7) is 9.28. The molecule has 0 radical (unpaired) electrons. The summed E-state index contributed by atoms with van der Waals surface area (Å²) in [7, 11) is -3.60.